The van der Waals surface area contributed by atoms with Crippen molar-refractivity contribution in [1.29, 1.82) is 0 Å². The quantitative estimate of drug-likeness (QED) is 0.875. The molecule has 0 amide bonds. The van der Waals surface area contributed by atoms with Gasteiger partial charge >= 0.3 is 6.61 Å². The maximum atomic E-state index is 12.7. The molecule has 6 heteroatoms. The van der Waals surface area contributed by atoms with Gasteiger partial charge in [-0.2, -0.15) is 8.78 Å². The first-order valence-corrected chi connectivity index (χ1v) is 7.25. The fourth-order valence-electron chi connectivity index (χ4n) is 2.57. The number of benzene rings is 1. The predicted molar refractivity (Wildman–Crippen MR) is 77.0 cm³/mol. The topological polar surface area (TPSA) is 33.7 Å². The summed E-state index contributed by atoms with van der Waals surface area (Å²) in [6.07, 6.45) is 0. The Morgan fingerprint density at radius 2 is 2.24 bits per heavy atom. The van der Waals surface area contributed by atoms with Gasteiger partial charge in [-0.25, -0.2) is 0 Å². The lowest BCUT2D eigenvalue weighted by molar-refractivity contribution is -0.0524. The second-order valence-corrected chi connectivity index (χ2v) is 5.15. The number of nitrogens with one attached hydrogen (secondary N) is 1. The van der Waals surface area contributed by atoms with Crippen LogP contribution in [0.1, 0.15) is 19.4 Å². The van der Waals surface area contributed by atoms with Gasteiger partial charge < -0.3 is 14.8 Å². The lowest BCUT2D eigenvalue weighted by atomic mass is 10.1. The summed E-state index contributed by atoms with van der Waals surface area (Å²) < 4.78 is 35.4. The molecule has 21 heavy (non-hydrogen) atoms. The normalized spacial score (nSPS) is 19.8. The van der Waals surface area contributed by atoms with Crippen LogP contribution in [0.15, 0.2) is 18.2 Å². The van der Waals surface area contributed by atoms with Crippen molar-refractivity contribution >= 4 is 0 Å². The maximum Gasteiger partial charge on any atom is 0.387 e. The molecule has 1 aromatic rings. The van der Waals surface area contributed by atoms with E-state index >= 15 is 0 Å². The minimum atomic E-state index is -2.85. The summed E-state index contributed by atoms with van der Waals surface area (Å²) in [7, 11) is 0. The molecule has 0 unspecified atom stereocenters. The van der Waals surface area contributed by atoms with E-state index in [1.54, 1.807) is 6.07 Å². The molecule has 1 aromatic carbocycles. The van der Waals surface area contributed by atoms with Gasteiger partial charge in [-0.05, 0) is 19.9 Å². The zero-order valence-corrected chi connectivity index (χ0v) is 12.4. The number of para-hydroxylation sites is 1. The molecule has 1 atom stereocenters. The third kappa shape index (κ3) is 4.54. The Labute approximate surface area is 124 Å². The van der Waals surface area contributed by atoms with Crippen molar-refractivity contribution < 1.29 is 18.3 Å². The van der Waals surface area contributed by atoms with E-state index in [4.69, 9.17) is 9.47 Å². The van der Waals surface area contributed by atoms with Gasteiger partial charge in [0, 0.05) is 37.8 Å². The monoisotopic (exact) mass is 300 g/mol. The van der Waals surface area contributed by atoms with Gasteiger partial charge in [0.15, 0.2) is 11.5 Å². The first-order valence-electron chi connectivity index (χ1n) is 7.25. The van der Waals surface area contributed by atoms with Crippen LogP contribution in [-0.2, 0) is 6.54 Å². The van der Waals surface area contributed by atoms with Gasteiger partial charge in [0.2, 0.25) is 0 Å². The van der Waals surface area contributed by atoms with Gasteiger partial charge in [-0.3, -0.25) is 4.90 Å². The highest BCUT2D eigenvalue weighted by Crippen LogP contribution is 2.33. The van der Waals surface area contributed by atoms with Crippen LogP contribution < -0.4 is 14.8 Å². The Hall–Kier alpha value is -1.40. The first-order chi connectivity index (χ1) is 10.1. The van der Waals surface area contributed by atoms with E-state index in [9.17, 15) is 8.78 Å². The van der Waals surface area contributed by atoms with Crippen LogP contribution in [0.5, 0.6) is 11.5 Å². The van der Waals surface area contributed by atoms with E-state index < -0.39 is 6.61 Å². The zero-order valence-electron chi connectivity index (χ0n) is 12.4. The minimum absolute atomic E-state index is 0.153. The van der Waals surface area contributed by atoms with Crippen LogP contribution in [0.25, 0.3) is 0 Å². The molecule has 2 rings (SSSR count). The Morgan fingerprint density at radius 3 is 2.90 bits per heavy atom. The van der Waals surface area contributed by atoms with Gasteiger partial charge in [0.05, 0.1) is 6.61 Å². The van der Waals surface area contributed by atoms with Crippen molar-refractivity contribution in [3.63, 3.8) is 0 Å². The summed E-state index contributed by atoms with van der Waals surface area (Å²) in [5.41, 5.74) is 0.732. The molecular weight excluding hydrogens is 278 g/mol. The summed E-state index contributed by atoms with van der Waals surface area (Å²) in [4.78, 5) is 2.23. The predicted octanol–water partition coefficient (Wildman–Crippen LogP) is 2.48. The van der Waals surface area contributed by atoms with Gasteiger partial charge in [-0.1, -0.05) is 12.1 Å². The second kappa shape index (κ2) is 7.56. The summed E-state index contributed by atoms with van der Waals surface area (Å²) in [6, 6.07) is 5.68. The van der Waals surface area contributed by atoms with Gasteiger partial charge in [0.25, 0.3) is 0 Å². The van der Waals surface area contributed by atoms with Crippen molar-refractivity contribution in [3.05, 3.63) is 23.8 Å². The highest BCUT2D eigenvalue weighted by Gasteiger charge is 2.20. The number of ether oxygens (including phenoxy) is 2. The molecule has 0 bridgehead atoms. The van der Waals surface area contributed by atoms with Gasteiger partial charge in [-0.15, -0.1) is 0 Å². The number of rotatable bonds is 6. The third-order valence-electron chi connectivity index (χ3n) is 3.41. The number of hydrogen-bond donors (Lipinski definition) is 1. The van der Waals surface area contributed by atoms with Crippen LogP contribution in [0.3, 0.4) is 0 Å². The fourth-order valence-corrected chi connectivity index (χ4v) is 2.57. The SMILES string of the molecule is CCOc1cccc(CN2CCN[C@H](C)C2)c1OC(F)F. The Bertz CT molecular complexity index is 457. The maximum absolute atomic E-state index is 12.7. The number of hydrogen-bond acceptors (Lipinski definition) is 4. The zero-order chi connectivity index (χ0) is 15.2. The molecule has 1 fully saturated rings. The van der Waals surface area contributed by atoms with Crippen LogP contribution in [0.2, 0.25) is 0 Å². The fraction of sp³-hybridized carbons (Fsp3) is 0.600. The van der Waals surface area contributed by atoms with E-state index in [0.717, 1.165) is 25.2 Å². The minimum Gasteiger partial charge on any atom is -0.490 e. The molecule has 4 nitrogen and oxygen atoms in total. The van der Waals surface area contributed by atoms with Crippen LogP contribution in [0, 0.1) is 0 Å². The largest absolute Gasteiger partial charge is 0.490 e. The van der Waals surface area contributed by atoms with E-state index in [1.807, 2.05) is 19.1 Å². The summed E-state index contributed by atoms with van der Waals surface area (Å²) in [5.74, 6) is 0.527. The first kappa shape index (κ1) is 16.0. The Balaban J connectivity index is 2.18. The van der Waals surface area contributed by atoms with Crippen molar-refractivity contribution in [1.82, 2.24) is 10.2 Å². The van der Waals surface area contributed by atoms with Crippen molar-refractivity contribution in [3.8, 4) is 11.5 Å². The van der Waals surface area contributed by atoms with Crippen molar-refractivity contribution in [2.75, 3.05) is 26.2 Å². The molecule has 0 aliphatic carbocycles. The lowest BCUT2D eigenvalue weighted by Crippen LogP contribution is -2.48. The van der Waals surface area contributed by atoms with Crippen LogP contribution in [0.4, 0.5) is 8.78 Å². The van der Waals surface area contributed by atoms with Crippen LogP contribution in [-0.4, -0.2) is 43.8 Å². The Morgan fingerprint density at radius 1 is 1.43 bits per heavy atom. The smallest absolute Gasteiger partial charge is 0.387 e. The molecule has 0 radical (unpaired) electrons. The summed E-state index contributed by atoms with van der Waals surface area (Å²) in [5, 5.41) is 3.36. The molecule has 118 valence electrons. The van der Waals surface area contributed by atoms with E-state index in [0.29, 0.717) is 24.9 Å². The second-order valence-electron chi connectivity index (χ2n) is 5.15. The average molecular weight is 300 g/mol. The molecule has 1 N–H and O–H groups in total. The van der Waals surface area contributed by atoms with E-state index in [-0.39, 0.29) is 5.75 Å². The molecular formula is C15H22F2N2O2. The molecule has 1 aliphatic rings. The molecule has 1 heterocycles. The third-order valence-corrected chi connectivity index (χ3v) is 3.41. The number of halogens is 2. The van der Waals surface area contributed by atoms with Crippen molar-refractivity contribution in [2.24, 2.45) is 0 Å². The van der Waals surface area contributed by atoms with Crippen LogP contribution >= 0.6 is 0 Å². The molecule has 1 saturated heterocycles. The summed E-state index contributed by atoms with van der Waals surface area (Å²) >= 11 is 0. The van der Waals surface area contributed by atoms with Gasteiger partial charge in [0.1, 0.15) is 0 Å². The molecule has 1 aliphatic heterocycles. The standard InChI is InChI=1S/C15H22F2N2O2/c1-3-20-13-6-4-5-12(14(13)21-15(16)17)10-19-8-7-18-11(2)9-19/h4-6,11,15,18H,3,7-10H2,1-2H3/t11-/m1/s1. The molecule has 0 saturated carbocycles. The Kier molecular flexibility index (Phi) is 5.76. The summed E-state index contributed by atoms with van der Waals surface area (Å²) in [6.45, 7) is 4.73. The van der Waals surface area contributed by atoms with E-state index in [2.05, 4.69) is 17.1 Å². The average Bonchev–Trinajstić information content (AvgIpc) is 2.42. The van der Waals surface area contributed by atoms with Crippen molar-refractivity contribution in [2.45, 2.75) is 33.0 Å². The highest BCUT2D eigenvalue weighted by molar-refractivity contribution is 5.46. The number of nitrogens with zero attached hydrogens (tertiary/aromatic N) is 1. The molecule has 0 spiro atoms. The molecule has 0 aromatic heterocycles. The highest BCUT2D eigenvalue weighted by atomic mass is 19.3. The lowest BCUT2D eigenvalue weighted by Gasteiger charge is -2.32. The number of piperazine rings is 1. The van der Waals surface area contributed by atoms with E-state index in [1.165, 1.54) is 0 Å². The number of alkyl halides is 2.